The van der Waals surface area contributed by atoms with Crippen molar-refractivity contribution in [1.82, 2.24) is 25.4 Å². The highest BCUT2D eigenvalue weighted by Gasteiger charge is 2.04. The third-order valence-electron chi connectivity index (χ3n) is 3.93. The molecule has 2 aromatic heterocycles. The van der Waals surface area contributed by atoms with E-state index in [4.69, 9.17) is 0 Å². The zero-order chi connectivity index (χ0) is 18.4. The summed E-state index contributed by atoms with van der Waals surface area (Å²) in [5.74, 6) is 1.20. The van der Waals surface area contributed by atoms with Crippen LogP contribution in [0, 0.1) is 12.7 Å². The number of nitrogens with one attached hydrogen (secondary N) is 2. The van der Waals surface area contributed by atoms with Gasteiger partial charge in [0.1, 0.15) is 5.82 Å². The molecule has 142 valence electrons. The maximum atomic E-state index is 13.6. The normalized spacial score (nSPS) is 11.0. The molecule has 0 unspecified atom stereocenters. The van der Waals surface area contributed by atoms with Crippen LogP contribution in [-0.2, 0) is 13.1 Å². The number of aryl methyl sites for hydroxylation is 1. The minimum Gasteiger partial charge on any atom is -0.352 e. The summed E-state index contributed by atoms with van der Waals surface area (Å²) in [5.41, 5.74) is 2.55. The summed E-state index contributed by atoms with van der Waals surface area (Å²) in [6.45, 7) is 2.82. The van der Waals surface area contributed by atoms with E-state index in [0.717, 1.165) is 16.9 Å². The Hall–Kier alpha value is -2.49. The van der Waals surface area contributed by atoms with Gasteiger partial charge in [0.05, 0.1) is 0 Å². The molecule has 3 aromatic rings. The Morgan fingerprint density at radius 3 is 2.48 bits per heavy atom. The third kappa shape index (κ3) is 5.75. The van der Waals surface area contributed by atoms with E-state index in [0.29, 0.717) is 24.6 Å². The summed E-state index contributed by atoms with van der Waals surface area (Å²) >= 11 is 0. The predicted octanol–water partition coefficient (Wildman–Crippen LogP) is 3.20. The number of guanidine groups is 1. The van der Waals surface area contributed by atoms with Gasteiger partial charge in [-0.05, 0) is 47.9 Å². The third-order valence-corrected chi connectivity index (χ3v) is 3.93. The van der Waals surface area contributed by atoms with Crippen LogP contribution in [0.3, 0.4) is 0 Å². The first-order valence-corrected chi connectivity index (χ1v) is 8.30. The van der Waals surface area contributed by atoms with E-state index < -0.39 is 0 Å². The van der Waals surface area contributed by atoms with Crippen LogP contribution in [0.4, 0.5) is 4.39 Å². The zero-order valence-electron chi connectivity index (χ0n) is 15.2. The lowest BCUT2D eigenvalue weighted by atomic mass is 10.1. The summed E-state index contributed by atoms with van der Waals surface area (Å²) in [6, 6.07) is 11.0. The molecule has 0 saturated heterocycles. The average Bonchev–Trinajstić information content (AvgIpc) is 3.20. The lowest BCUT2D eigenvalue weighted by molar-refractivity contribution is 0.615. The molecule has 2 heterocycles. The van der Waals surface area contributed by atoms with Crippen LogP contribution in [0.5, 0.6) is 0 Å². The van der Waals surface area contributed by atoms with E-state index in [2.05, 4.69) is 25.7 Å². The van der Waals surface area contributed by atoms with Crippen LogP contribution in [-0.4, -0.2) is 27.8 Å². The van der Waals surface area contributed by atoms with Gasteiger partial charge in [-0.3, -0.25) is 4.99 Å². The number of aromatic nitrogens is 3. The van der Waals surface area contributed by atoms with Crippen molar-refractivity contribution in [1.29, 1.82) is 0 Å². The standard InChI is InChI=1S/C19H21FN6.HI/c1-14-4-5-15(10-17(14)20)12-23-19(21-2)24-13-16-6-8-22-18(11-16)26-9-3-7-25-26;/h3-11H,12-13H2,1-2H3,(H2,21,23,24);1H. The van der Waals surface area contributed by atoms with E-state index in [9.17, 15) is 4.39 Å². The first-order chi connectivity index (χ1) is 12.7. The molecule has 2 N–H and O–H groups in total. The fourth-order valence-corrected chi connectivity index (χ4v) is 2.44. The molecule has 8 heteroatoms. The second kappa shape index (κ2) is 10.0. The van der Waals surface area contributed by atoms with Crippen LogP contribution in [0.1, 0.15) is 16.7 Å². The molecule has 0 atom stereocenters. The lowest BCUT2D eigenvalue weighted by Gasteiger charge is -2.13. The van der Waals surface area contributed by atoms with Crippen LogP contribution in [0.25, 0.3) is 5.82 Å². The Morgan fingerprint density at radius 2 is 1.85 bits per heavy atom. The predicted molar refractivity (Wildman–Crippen MR) is 115 cm³/mol. The van der Waals surface area contributed by atoms with Gasteiger partial charge in [0.2, 0.25) is 0 Å². The van der Waals surface area contributed by atoms with E-state index in [1.54, 1.807) is 37.1 Å². The molecular weight excluding hydrogens is 458 g/mol. The summed E-state index contributed by atoms with van der Waals surface area (Å²) in [7, 11) is 1.70. The maximum Gasteiger partial charge on any atom is 0.191 e. The van der Waals surface area contributed by atoms with Gasteiger partial charge >= 0.3 is 0 Å². The summed E-state index contributed by atoms with van der Waals surface area (Å²) < 4.78 is 15.3. The zero-order valence-corrected chi connectivity index (χ0v) is 17.5. The van der Waals surface area contributed by atoms with E-state index in [-0.39, 0.29) is 29.8 Å². The van der Waals surface area contributed by atoms with Gasteiger partial charge < -0.3 is 10.6 Å². The van der Waals surface area contributed by atoms with Crippen LogP contribution in [0.15, 0.2) is 60.0 Å². The SMILES string of the molecule is CN=C(NCc1ccnc(-n2cccn2)c1)NCc1ccc(C)c(F)c1.I. The van der Waals surface area contributed by atoms with Gasteiger partial charge in [-0.2, -0.15) is 5.10 Å². The minimum absolute atomic E-state index is 0. The molecule has 0 amide bonds. The number of pyridine rings is 1. The van der Waals surface area contributed by atoms with Crippen LogP contribution < -0.4 is 10.6 Å². The van der Waals surface area contributed by atoms with Gasteiger partial charge in [0.15, 0.2) is 11.8 Å². The minimum atomic E-state index is -0.199. The van der Waals surface area contributed by atoms with Crippen LogP contribution >= 0.6 is 24.0 Å². The highest BCUT2D eigenvalue weighted by molar-refractivity contribution is 14.0. The molecular formula is C19H22FIN6. The summed E-state index contributed by atoms with van der Waals surface area (Å²) in [5, 5.41) is 10.6. The Morgan fingerprint density at radius 1 is 1.11 bits per heavy atom. The first-order valence-electron chi connectivity index (χ1n) is 8.30. The molecule has 0 bridgehead atoms. The van der Waals surface area contributed by atoms with Gasteiger partial charge in [0, 0.05) is 38.7 Å². The van der Waals surface area contributed by atoms with E-state index in [1.807, 2.05) is 30.5 Å². The van der Waals surface area contributed by atoms with Gasteiger partial charge in [-0.1, -0.05) is 12.1 Å². The lowest BCUT2D eigenvalue weighted by Crippen LogP contribution is -2.36. The van der Waals surface area contributed by atoms with Crippen molar-refractivity contribution in [3.63, 3.8) is 0 Å². The van der Waals surface area contributed by atoms with Gasteiger partial charge in [-0.15, -0.1) is 24.0 Å². The molecule has 0 aliphatic rings. The van der Waals surface area contributed by atoms with E-state index >= 15 is 0 Å². The summed E-state index contributed by atoms with van der Waals surface area (Å²) in [6.07, 6.45) is 5.31. The molecule has 0 spiro atoms. The van der Waals surface area contributed by atoms with Crippen molar-refractivity contribution in [2.24, 2.45) is 4.99 Å². The first kappa shape index (κ1) is 20.8. The molecule has 0 aliphatic carbocycles. The van der Waals surface area contributed by atoms with Crippen LogP contribution in [0.2, 0.25) is 0 Å². The topological polar surface area (TPSA) is 67.1 Å². The largest absolute Gasteiger partial charge is 0.352 e. The smallest absolute Gasteiger partial charge is 0.191 e. The molecule has 27 heavy (non-hydrogen) atoms. The summed E-state index contributed by atoms with van der Waals surface area (Å²) in [4.78, 5) is 8.51. The molecule has 0 saturated carbocycles. The quantitative estimate of drug-likeness (QED) is 0.335. The number of benzene rings is 1. The number of halogens is 2. The Balaban J connectivity index is 0.00000261. The number of rotatable bonds is 5. The number of hydrogen-bond donors (Lipinski definition) is 2. The molecule has 0 aliphatic heterocycles. The molecule has 3 rings (SSSR count). The van der Waals surface area contributed by atoms with Crippen molar-refractivity contribution in [2.45, 2.75) is 20.0 Å². The van der Waals surface area contributed by atoms with Crippen molar-refractivity contribution >= 4 is 29.9 Å². The maximum absolute atomic E-state index is 13.6. The molecule has 0 radical (unpaired) electrons. The van der Waals surface area contributed by atoms with Crippen molar-refractivity contribution in [3.05, 3.63) is 77.5 Å². The Bertz CT molecular complexity index is 895. The van der Waals surface area contributed by atoms with Crippen molar-refractivity contribution < 1.29 is 4.39 Å². The fraction of sp³-hybridized carbons (Fsp3) is 0.211. The second-order valence-corrected chi connectivity index (χ2v) is 5.84. The highest BCUT2D eigenvalue weighted by Crippen LogP contribution is 2.09. The molecule has 1 aromatic carbocycles. The monoisotopic (exact) mass is 480 g/mol. The Labute approximate surface area is 175 Å². The number of hydrogen-bond acceptors (Lipinski definition) is 3. The van der Waals surface area contributed by atoms with Crippen molar-refractivity contribution in [3.8, 4) is 5.82 Å². The number of aliphatic imine (C=N–C) groups is 1. The highest BCUT2D eigenvalue weighted by atomic mass is 127. The van der Waals surface area contributed by atoms with Crippen molar-refractivity contribution in [2.75, 3.05) is 7.05 Å². The number of nitrogens with zero attached hydrogens (tertiary/aromatic N) is 4. The Kier molecular flexibility index (Phi) is 7.71. The molecule has 0 fully saturated rings. The average molecular weight is 480 g/mol. The fourth-order valence-electron chi connectivity index (χ4n) is 2.44. The van der Waals surface area contributed by atoms with Gasteiger partial charge in [-0.25, -0.2) is 14.1 Å². The second-order valence-electron chi connectivity index (χ2n) is 5.84. The van der Waals surface area contributed by atoms with Gasteiger partial charge in [0.25, 0.3) is 0 Å². The van der Waals surface area contributed by atoms with E-state index in [1.165, 1.54) is 6.07 Å². The molecule has 6 nitrogen and oxygen atoms in total.